The van der Waals surface area contributed by atoms with Crippen molar-refractivity contribution >= 4 is 11.7 Å². The number of hydrogen-bond acceptors (Lipinski definition) is 3. The highest BCUT2D eigenvalue weighted by molar-refractivity contribution is 6.04. The van der Waals surface area contributed by atoms with Gasteiger partial charge in [-0.1, -0.05) is 59.8 Å². The van der Waals surface area contributed by atoms with Crippen LogP contribution in [-0.4, -0.2) is 35.8 Å². The monoisotopic (exact) mass is 335 g/mol. The average Bonchev–Trinajstić information content (AvgIpc) is 3.22. The van der Waals surface area contributed by atoms with Crippen molar-refractivity contribution in [2.45, 2.75) is 19.6 Å². The first-order valence-corrected chi connectivity index (χ1v) is 8.59. The lowest BCUT2D eigenvalue weighted by Gasteiger charge is -2.18. The van der Waals surface area contributed by atoms with Gasteiger partial charge in [0.15, 0.2) is 6.10 Å². The molecular weight excluding hydrogens is 314 g/mol. The molecule has 2 aliphatic rings. The van der Waals surface area contributed by atoms with E-state index in [1.54, 1.807) is 0 Å². The van der Waals surface area contributed by atoms with Crippen LogP contribution >= 0.6 is 0 Å². The van der Waals surface area contributed by atoms with Crippen molar-refractivity contribution < 1.29 is 9.63 Å². The highest BCUT2D eigenvalue weighted by Crippen LogP contribution is 2.31. The van der Waals surface area contributed by atoms with E-state index in [9.17, 15) is 4.79 Å². The first kappa shape index (κ1) is 15.7. The van der Waals surface area contributed by atoms with Crippen molar-refractivity contribution in [2.24, 2.45) is 11.1 Å². The number of oxime groups is 1. The molecule has 2 unspecified atom stereocenters. The summed E-state index contributed by atoms with van der Waals surface area (Å²) in [7, 11) is 0. The van der Waals surface area contributed by atoms with Crippen LogP contribution in [-0.2, 0) is 11.4 Å². The number of amides is 2. The number of benzene rings is 2. The number of carbonyl (C=O) groups excluding carboxylic acids is 1. The van der Waals surface area contributed by atoms with Crippen molar-refractivity contribution in [2.75, 3.05) is 13.1 Å². The fourth-order valence-corrected chi connectivity index (χ4v) is 3.50. The summed E-state index contributed by atoms with van der Waals surface area (Å²) in [5.74, 6) is 0.142. The van der Waals surface area contributed by atoms with Crippen LogP contribution in [0.3, 0.4) is 0 Å². The van der Waals surface area contributed by atoms with Gasteiger partial charge in [-0.25, -0.2) is 4.79 Å². The Hall–Kier alpha value is -2.82. The van der Waals surface area contributed by atoms with Crippen LogP contribution in [0.2, 0.25) is 0 Å². The van der Waals surface area contributed by atoms with Gasteiger partial charge in [0.2, 0.25) is 0 Å². The van der Waals surface area contributed by atoms with Gasteiger partial charge in [0.1, 0.15) is 0 Å². The van der Waals surface area contributed by atoms with E-state index in [1.165, 1.54) is 5.56 Å². The number of likely N-dealkylation sites (tertiary alicyclic amines) is 1. The van der Waals surface area contributed by atoms with Gasteiger partial charge in [-0.2, -0.15) is 0 Å². The Morgan fingerprint density at radius 2 is 1.92 bits per heavy atom. The SMILES string of the molecule is Cc1ccccc1C1=NOC2CN(C(=O)NCc3ccccc3)CC12. The van der Waals surface area contributed by atoms with Crippen molar-refractivity contribution in [1.29, 1.82) is 0 Å². The first-order chi connectivity index (χ1) is 12.2. The third kappa shape index (κ3) is 3.09. The Bertz CT molecular complexity index is 804. The summed E-state index contributed by atoms with van der Waals surface area (Å²) in [5, 5.41) is 7.28. The topological polar surface area (TPSA) is 53.9 Å². The second-order valence-electron chi connectivity index (χ2n) is 6.59. The largest absolute Gasteiger partial charge is 0.390 e. The fourth-order valence-electron chi connectivity index (χ4n) is 3.50. The van der Waals surface area contributed by atoms with E-state index in [-0.39, 0.29) is 18.1 Å². The molecule has 4 rings (SSSR count). The molecule has 2 aromatic carbocycles. The summed E-state index contributed by atoms with van der Waals surface area (Å²) in [5.41, 5.74) is 4.34. The minimum atomic E-state index is -0.0500. The molecule has 0 aliphatic carbocycles. The Morgan fingerprint density at radius 3 is 2.72 bits per heavy atom. The third-order valence-electron chi connectivity index (χ3n) is 4.90. The summed E-state index contributed by atoms with van der Waals surface area (Å²) in [6, 6.07) is 18.0. The molecule has 0 bridgehead atoms. The smallest absolute Gasteiger partial charge is 0.317 e. The van der Waals surface area contributed by atoms with Gasteiger partial charge in [-0.3, -0.25) is 0 Å². The fraction of sp³-hybridized carbons (Fsp3) is 0.300. The van der Waals surface area contributed by atoms with Gasteiger partial charge in [0, 0.05) is 18.7 Å². The molecule has 2 aliphatic heterocycles. The highest BCUT2D eigenvalue weighted by Gasteiger charge is 2.44. The minimum absolute atomic E-state index is 0.0444. The number of aryl methyl sites for hydroxylation is 1. The highest BCUT2D eigenvalue weighted by atomic mass is 16.6. The number of fused-ring (bicyclic) bond motifs is 1. The number of nitrogens with zero attached hydrogens (tertiary/aromatic N) is 2. The molecule has 2 amide bonds. The lowest BCUT2D eigenvalue weighted by molar-refractivity contribution is 0.0774. The van der Waals surface area contributed by atoms with Crippen LogP contribution in [0.15, 0.2) is 59.8 Å². The molecular formula is C20H21N3O2. The van der Waals surface area contributed by atoms with Gasteiger partial charge < -0.3 is 15.1 Å². The van der Waals surface area contributed by atoms with E-state index in [4.69, 9.17) is 4.84 Å². The Kier molecular flexibility index (Phi) is 4.14. The zero-order valence-corrected chi connectivity index (χ0v) is 14.2. The van der Waals surface area contributed by atoms with Crippen LogP contribution in [0.4, 0.5) is 4.79 Å². The number of hydrogen-bond donors (Lipinski definition) is 1. The molecule has 0 radical (unpaired) electrons. The molecule has 2 aromatic rings. The lowest BCUT2D eigenvalue weighted by atomic mass is 9.92. The predicted octanol–water partition coefficient (Wildman–Crippen LogP) is 2.94. The quantitative estimate of drug-likeness (QED) is 0.938. The Labute approximate surface area is 147 Å². The van der Waals surface area contributed by atoms with Crippen LogP contribution < -0.4 is 5.32 Å². The van der Waals surface area contributed by atoms with E-state index in [1.807, 2.05) is 47.4 Å². The van der Waals surface area contributed by atoms with Crippen molar-refractivity contribution in [3.63, 3.8) is 0 Å². The maximum absolute atomic E-state index is 12.5. The van der Waals surface area contributed by atoms with E-state index in [0.29, 0.717) is 19.6 Å². The molecule has 25 heavy (non-hydrogen) atoms. The molecule has 1 saturated heterocycles. The summed E-state index contributed by atoms with van der Waals surface area (Å²) < 4.78 is 0. The van der Waals surface area contributed by atoms with E-state index in [2.05, 4.69) is 29.5 Å². The minimum Gasteiger partial charge on any atom is -0.390 e. The summed E-state index contributed by atoms with van der Waals surface area (Å²) >= 11 is 0. The van der Waals surface area contributed by atoms with Crippen molar-refractivity contribution in [3.8, 4) is 0 Å². The maximum atomic E-state index is 12.5. The zero-order valence-electron chi connectivity index (χ0n) is 14.2. The molecule has 0 aromatic heterocycles. The first-order valence-electron chi connectivity index (χ1n) is 8.59. The Morgan fingerprint density at radius 1 is 1.16 bits per heavy atom. The number of urea groups is 1. The molecule has 2 heterocycles. The normalized spacial score (nSPS) is 21.5. The molecule has 128 valence electrons. The van der Waals surface area contributed by atoms with Crippen LogP contribution in [0.25, 0.3) is 0 Å². The molecule has 0 spiro atoms. The number of carbonyl (C=O) groups is 1. The van der Waals surface area contributed by atoms with E-state index < -0.39 is 0 Å². The number of nitrogens with one attached hydrogen (secondary N) is 1. The second kappa shape index (κ2) is 6.59. The third-order valence-corrected chi connectivity index (χ3v) is 4.90. The molecule has 1 N–H and O–H groups in total. The van der Waals surface area contributed by atoms with Gasteiger partial charge in [0.25, 0.3) is 0 Å². The van der Waals surface area contributed by atoms with Crippen LogP contribution in [0.5, 0.6) is 0 Å². The lowest BCUT2D eigenvalue weighted by Crippen LogP contribution is -2.39. The maximum Gasteiger partial charge on any atom is 0.317 e. The van der Waals surface area contributed by atoms with Gasteiger partial charge in [-0.05, 0) is 18.1 Å². The molecule has 5 nitrogen and oxygen atoms in total. The number of rotatable bonds is 3. The summed E-state index contributed by atoms with van der Waals surface area (Å²) in [6.45, 7) is 3.82. The van der Waals surface area contributed by atoms with Crippen LogP contribution in [0.1, 0.15) is 16.7 Å². The Balaban J connectivity index is 1.41. The standard InChI is InChI=1S/C20H21N3O2/c1-14-7-5-6-10-16(14)19-17-12-23(13-18(17)25-22-19)20(24)21-11-15-8-3-2-4-9-15/h2-10,17-18H,11-13H2,1H3,(H,21,24). The van der Waals surface area contributed by atoms with E-state index in [0.717, 1.165) is 16.8 Å². The second-order valence-corrected chi connectivity index (χ2v) is 6.59. The van der Waals surface area contributed by atoms with Gasteiger partial charge in [-0.15, -0.1) is 0 Å². The zero-order chi connectivity index (χ0) is 17.2. The van der Waals surface area contributed by atoms with Gasteiger partial charge in [0.05, 0.1) is 18.2 Å². The van der Waals surface area contributed by atoms with Crippen molar-refractivity contribution in [1.82, 2.24) is 10.2 Å². The molecule has 2 atom stereocenters. The van der Waals surface area contributed by atoms with E-state index >= 15 is 0 Å². The molecule has 0 saturated carbocycles. The molecule has 1 fully saturated rings. The van der Waals surface area contributed by atoms with Gasteiger partial charge >= 0.3 is 6.03 Å². The predicted molar refractivity (Wildman–Crippen MR) is 96.3 cm³/mol. The molecule has 5 heteroatoms. The van der Waals surface area contributed by atoms with Crippen molar-refractivity contribution in [3.05, 3.63) is 71.3 Å². The van der Waals surface area contributed by atoms with Crippen LogP contribution in [0, 0.1) is 12.8 Å². The average molecular weight is 335 g/mol. The summed E-state index contributed by atoms with van der Waals surface area (Å²) in [4.78, 5) is 19.9. The summed E-state index contributed by atoms with van der Waals surface area (Å²) in [6.07, 6.45) is -0.0444.